The molecule has 0 spiro atoms. The van der Waals surface area contributed by atoms with Crippen LogP contribution in [0.25, 0.3) is 10.9 Å². The number of amides is 1. The number of anilines is 2. The molecule has 6 heteroatoms. The Hall–Kier alpha value is -2.63. The van der Waals surface area contributed by atoms with E-state index in [-0.39, 0.29) is 23.9 Å². The van der Waals surface area contributed by atoms with Gasteiger partial charge in [-0.15, -0.1) is 0 Å². The normalized spacial score (nSPS) is 24.0. The number of rotatable bonds is 3. The molecule has 5 nitrogen and oxygen atoms in total. The molecule has 2 aliphatic rings. The molecule has 2 aliphatic heterocycles. The van der Waals surface area contributed by atoms with Gasteiger partial charge in [-0.05, 0) is 42.7 Å². The molecule has 1 amide bonds. The molecule has 0 saturated carbocycles. The zero-order chi connectivity index (χ0) is 19.1. The average molecular weight is 393 g/mol. The Labute approximate surface area is 168 Å². The minimum absolute atomic E-state index is 0.0402. The molecule has 3 unspecified atom stereocenters. The van der Waals surface area contributed by atoms with Gasteiger partial charge >= 0.3 is 0 Å². The molecule has 3 aromatic rings. The monoisotopic (exact) mass is 392 g/mol. The first-order valence-electron chi connectivity index (χ1n) is 9.64. The van der Waals surface area contributed by atoms with E-state index < -0.39 is 0 Å². The van der Waals surface area contributed by atoms with Crippen LogP contribution in [-0.4, -0.2) is 23.5 Å². The van der Waals surface area contributed by atoms with Crippen molar-refractivity contribution in [3.05, 3.63) is 65.2 Å². The third-order valence-corrected chi connectivity index (χ3v) is 6.07. The molecule has 2 aromatic carbocycles. The number of hydrogen-bond donors (Lipinski definition) is 3. The molecule has 1 aromatic heterocycles. The van der Waals surface area contributed by atoms with E-state index in [1.54, 1.807) is 0 Å². The van der Waals surface area contributed by atoms with Crippen LogP contribution in [0, 0.1) is 5.92 Å². The van der Waals surface area contributed by atoms with Gasteiger partial charge < -0.3 is 16.0 Å². The Bertz CT molecular complexity index is 1050. The van der Waals surface area contributed by atoms with Crippen LogP contribution in [0.15, 0.2) is 54.6 Å². The van der Waals surface area contributed by atoms with Gasteiger partial charge in [0.25, 0.3) is 0 Å². The van der Waals surface area contributed by atoms with Gasteiger partial charge in [-0.1, -0.05) is 41.9 Å². The number of nitrogens with one attached hydrogen (secondary N) is 3. The number of para-hydroxylation sites is 2. The zero-order valence-corrected chi connectivity index (χ0v) is 16.0. The van der Waals surface area contributed by atoms with Crippen molar-refractivity contribution in [1.29, 1.82) is 0 Å². The zero-order valence-electron chi connectivity index (χ0n) is 15.3. The van der Waals surface area contributed by atoms with E-state index in [1.807, 2.05) is 30.3 Å². The van der Waals surface area contributed by atoms with Crippen LogP contribution in [0.1, 0.15) is 24.4 Å². The Morgan fingerprint density at radius 3 is 2.82 bits per heavy atom. The standard InChI is InChI=1S/C22H21ClN4O/c23-16-6-1-2-7-18(16)26-20-9-8-13-4-3-5-14(21(13)27-20)19-12-15-17(25-19)10-11-24-22(15)28/h1-9,15,17,19,25H,10-12H2,(H,24,28)(H,26,27). The second-order valence-corrected chi connectivity index (χ2v) is 7.88. The lowest BCUT2D eigenvalue weighted by Crippen LogP contribution is -2.45. The Balaban J connectivity index is 1.49. The fourth-order valence-electron chi connectivity index (χ4n) is 4.36. The molecule has 3 atom stereocenters. The summed E-state index contributed by atoms with van der Waals surface area (Å²) >= 11 is 6.27. The van der Waals surface area contributed by atoms with Crippen molar-refractivity contribution in [3.8, 4) is 0 Å². The van der Waals surface area contributed by atoms with Crippen LogP contribution in [0.5, 0.6) is 0 Å². The molecular weight excluding hydrogens is 372 g/mol. The largest absolute Gasteiger partial charge is 0.356 e. The maximum atomic E-state index is 12.2. The highest BCUT2D eigenvalue weighted by Gasteiger charge is 2.41. The number of piperidine rings is 1. The van der Waals surface area contributed by atoms with E-state index in [9.17, 15) is 4.79 Å². The summed E-state index contributed by atoms with van der Waals surface area (Å²) in [6.07, 6.45) is 1.78. The molecule has 0 aliphatic carbocycles. The summed E-state index contributed by atoms with van der Waals surface area (Å²) in [5.74, 6) is 0.958. The predicted molar refractivity (Wildman–Crippen MR) is 112 cm³/mol. The van der Waals surface area contributed by atoms with Gasteiger partial charge in [0.1, 0.15) is 5.82 Å². The van der Waals surface area contributed by atoms with Crippen LogP contribution in [0.2, 0.25) is 5.02 Å². The summed E-state index contributed by atoms with van der Waals surface area (Å²) in [6, 6.07) is 18.3. The highest BCUT2D eigenvalue weighted by molar-refractivity contribution is 6.33. The Morgan fingerprint density at radius 2 is 1.96 bits per heavy atom. The molecule has 2 fully saturated rings. The number of carbonyl (C=O) groups is 1. The van der Waals surface area contributed by atoms with Gasteiger partial charge in [0.15, 0.2) is 0 Å². The minimum Gasteiger partial charge on any atom is -0.356 e. The first-order valence-corrected chi connectivity index (χ1v) is 10.0. The number of nitrogens with zero attached hydrogens (tertiary/aromatic N) is 1. The van der Waals surface area contributed by atoms with Crippen molar-refractivity contribution in [2.75, 3.05) is 11.9 Å². The fraction of sp³-hybridized carbons (Fsp3) is 0.273. The van der Waals surface area contributed by atoms with E-state index in [1.165, 1.54) is 0 Å². The van der Waals surface area contributed by atoms with Gasteiger partial charge in [-0.3, -0.25) is 4.79 Å². The number of hydrogen-bond acceptors (Lipinski definition) is 4. The first-order chi connectivity index (χ1) is 13.7. The smallest absolute Gasteiger partial charge is 0.224 e. The van der Waals surface area contributed by atoms with E-state index in [4.69, 9.17) is 16.6 Å². The highest BCUT2D eigenvalue weighted by atomic mass is 35.5. The number of benzene rings is 2. The lowest BCUT2D eigenvalue weighted by molar-refractivity contribution is -0.126. The van der Waals surface area contributed by atoms with Crippen LogP contribution in [0.4, 0.5) is 11.5 Å². The predicted octanol–water partition coefficient (Wildman–Crippen LogP) is 4.17. The molecule has 3 heterocycles. The Morgan fingerprint density at radius 1 is 1.07 bits per heavy atom. The fourth-order valence-corrected chi connectivity index (χ4v) is 4.54. The number of aromatic nitrogens is 1. The van der Waals surface area contributed by atoms with Crippen molar-refractivity contribution < 1.29 is 4.79 Å². The second kappa shape index (κ2) is 7.08. The first kappa shape index (κ1) is 17.5. The third kappa shape index (κ3) is 3.11. The number of fused-ring (bicyclic) bond motifs is 2. The molecular formula is C22H21ClN4O. The van der Waals surface area contributed by atoms with Crippen LogP contribution in [0.3, 0.4) is 0 Å². The molecule has 5 rings (SSSR count). The molecule has 2 saturated heterocycles. The highest BCUT2D eigenvalue weighted by Crippen LogP contribution is 2.37. The van der Waals surface area contributed by atoms with Gasteiger partial charge in [0.2, 0.25) is 5.91 Å². The minimum atomic E-state index is 0.0402. The van der Waals surface area contributed by atoms with E-state index >= 15 is 0 Å². The Kier molecular flexibility index (Phi) is 4.41. The summed E-state index contributed by atoms with van der Waals surface area (Å²) in [6.45, 7) is 0.749. The third-order valence-electron chi connectivity index (χ3n) is 5.75. The molecule has 0 radical (unpaired) electrons. The van der Waals surface area contributed by atoms with Crippen LogP contribution < -0.4 is 16.0 Å². The van der Waals surface area contributed by atoms with Crippen molar-refractivity contribution in [3.63, 3.8) is 0 Å². The van der Waals surface area contributed by atoms with Crippen molar-refractivity contribution in [2.24, 2.45) is 5.92 Å². The lowest BCUT2D eigenvalue weighted by Gasteiger charge is -2.24. The second-order valence-electron chi connectivity index (χ2n) is 7.47. The van der Waals surface area contributed by atoms with E-state index in [0.29, 0.717) is 5.02 Å². The van der Waals surface area contributed by atoms with Crippen LogP contribution >= 0.6 is 11.6 Å². The van der Waals surface area contributed by atoms with Gasteiger partial charge in [-0.2, -0.15) is 0 Å². The average Bonchev–Trinajstić information content (AvgIpc) is 3.15. The van der Waals surface area contributed by atoms with E-state index in [0.717, 1.165) is 47.4 Å². The quantitative estimate of drug-likeness (QED) is 0.625. The lowest BCUT2D eigenvalue weighted by atomic mass is 9.91. The maximum Gasteiger partial charge on any atom is 0.224 e. The van der Waals surface area contributed by atoms with E-state index in [2.05, 4.69) is 40.2 Å². The summed E-state index contributed by atoms with van der Waals surface area (Å²) in [7, 11) is 0. The van der Waals surface area contributed by atoms with Crippen molar-refractivity contribution >= 4 is 39.9 Å². The molecule has 28 heavy (non-hydrogen) atoms. The topological polar surface area (TPSA) is 66.1 Å². The number of halogens is 1. The molecule has 3 N–H and O–H groups in total. The van der Waals surface area contributed by atoms with Gasteiger partial charge in [0, 0.05) is 24.0 Å². The van der Waals surface area contributed by atoms with Gasteiger partial charge in [0.05, 0.1) is 22.1 Å². The summed E-state index contributed by atoms with van der Waals surface area (Å²) in [5.41, 5.74) is 2.92. The summed E-state index contributed by atoms with van der Waals surface area (Å²) < 4.78 is 0. The van der Waals surface area contributed by atoms with Crippen molar-refractivity contribution in [2.45, 2.75) is 24.9 Å². The maximum absolute atomic E-state index is 12.2. The summed E-state index contributed by atoms with van der Waals surface area (Å²) in [5, 5.41) is 11.7. The molecule has 0 bridgehead atoms. The van der Waals surface area contributed by atoms with Crippen molar-refractivity contribution in [1.82, 2.24) is 15.6 Å². The number of carbonyl (C=O) groups excluding carboxylic acids is 1. The van der Waals surface area contributed by atoms with Crippen LogP contribution in [-0.2, 0) is 4.79 Å². The SMILES string of the molecule is O=C1NCCC2NC(c3cccc4ccc(Nc5ccccc5Cl)nc34)CC12. The summed E-state index contributed by atoms with van der Waals surface area (Å²) in [4.78, 5) is 17.1. The van der Waals surface area contributed by atoms with Gasteiger partial charge in [-0.25, -0.2) is 4.98 Å². The molecule has 142 valence electrons. The number of pyridine rings is 1.